The minimum atomic E-state index is 0.686. The maximum atomic E-state index is 5.33. The summed E-state index contributed by atoms with van der Waals surface area (Å²) >= 11 is 0. The molecule has 1 aliphatic heterocycles. The molecule has 0 aliphatic carbocycles. The van der Waals surface area contributed by atoms with E-state index >= 15 is 0 Å². The van der Waals surface area contributed by atoms with Gasteiger partial charge >= 0.3 is 0 Å². The number of ether oxygens (including phenoxy) is 1. The Balaban J connectivity index is 1.26. The second-order valence-corrected chi connectivity index (χ2v) is 7.44. The summed E-state index contributed by atoms with van der Waals surface area (Å²) in [5.41, 5.74) is 4.92. The van der Waals surface area contributed by atoms with Crippen LogP contribution < -0.4 is 10.1 Å². The summed E-state index contributed by atoms with van der Waals surface area (Å²) in [4.78, 5) is 6.62. The predicted molar refractivity (Wildman–Crippen MR) is 115 cm³/mol. The quantitative estimate of drug-likeness (QED) is 0.652. The number of likely N-dealkylation sites (tertiary alicyclic amines) is 1. The molecular weight excluding hydrogens is 346 g/mol. The molecule has 1 unspecified atom stereocenters. The van der Waals surface area contributed by atoms with Gasteiger partial charge < -0.3 is 10.1 Å². The summed E-state index contributed by atoms with van der Waals surface area (Å²) in [5.74, 6) is 1.62. The number of rotatable bonds is 7. The standard InChI is InChI=1S/C24H27N3O/c1-28-24-4-2-3-19(15-24)17-27-14-11-20(18-27)16-26-23-7-5-21(6-8-23)22-9-12-25-13-10-22/h2-10,12-13,15,20,26H,11,14,16-18H2,1H3. The van der Waals surface area contributed by atoms with Crippen LogP contribution in [-0.4, -0.2) is 36.6 Å². The molecule has 0 spiro atoms. The molecule has 1 atom stereocenters. The molecule has 4 nitrogen and oxygen atoms in total. The Morgan fingerprint density at radius 3 is 2.61 bits per heavy atom. The van der Waals surface area contributed by atoms with Gasteiger partial charge in [-0.1, -0.05) is 24.3 Å². The zero-order valence-electron chi connectivity index (χ0n) is 16.3. The lowest BCUT2D eigenvalue weighted by Gasteiger charge is -2.17. The van der Waals surface area contributed by atoms with Crippen LogP contribution in [0.3, 0.4) is 0 Å². The molecule has 28 heavy (non-hydrogen) atoms. The average Bonchev–Trinajstić information content (AvgIpc) is 3.20. The Morgan fingerprint density at radius 1 is 1.04 bits per heavy atom. The van der Waals surface area contributed by atoms with Crippen LogP contribution in [-0.2, 0) is 6.54 Å². The first-order valence-corrected chi connectivity index (χ1v) is 9.90. The fourth-order valence-electron chi connectivity index (χ4n) is 3.84. The molecule has 144 valence electrons. The lowest BCUT2D eigenvalue weighted by atomic mass is 10.1. The largest absolute Gasteiger partial charge is 0.497 e. The Labute approximate surface area is 167 Å². The number of anilines is 1. The number of hydrogen-bond donors (Lipinski definition) is 1. The number of methoxy groups -OCH3 is 1. The lowest BCUT2D eigenvalue weighted by molar-refractivity contribution is 0.318. The van der Waals surface area contributed by atoms with Crippen LogP contribution in [0.4, 0.5) is 5.69 Å². The third kappa shape index (κ3) is 4.70. The van der Waals surface area contributed by atoms with Crippen molar-refractivity contribution in [3.8, 4) is 16.9 Å². The number of nitrogens with one attached hydrogen (secondary N) is 1. The van der Waals surface area contributed by atoms with Crippen molar-refractivity contribution in [2.24, 2.45) is 5.92 Å². The van der Waals surface area contributed by atoms with E-state index in [1.165, 1.54) is 28.8 Å². The Hall–Kier alpha value is -2.85. The number of aromatic nitrogens is 1. The summed E-state index contributed by atoms with van der Waals surface area (Å²) in [6.07, 6.45) is 4.91. The fourth-order valence-corrected chi connectivity index (χ4v) is 3.84. The van der Waals surface area contributed by atoms with Crippen LogP contribution in [0.15, 0.2) is 73.1 Å². The minimum Gasteiger partial charge on any atom is -0.497 e. The molecule has 4 heteroatoms. The molecule has 2 heterocycles. The average molecular weight is 374 g/mol. The molecule has 1 saturated heterocycles. The van der Waals surface area contributed by atoms with Crippen molar-refractivity contribution in [1.82, 2.24) is 9.88 Å². The van der Waals surface area contributed by atoms with E-state index in [0.717, 1.165) is 31.9 Å². The summed E-state index contributed by atoms with van der Waals surface area (Å²) in [5, 5.41) is 3.61. The van der Waals surface area contributed by atoms with Crippen molar-refractivity contribution in [3.63, 3.8) is 0 Å². The molecule has 4 rings (SSSR count). The molecule has 1 fully saturated rings. The maximum Gasteiger partial charge on any atom is 0.119 e. The van der Waals surface area contributed by atoms with Gasteiger partial charge in [-0.15, -0.1) is 0 Å². The van der Waals surface area contributed by atoms with Gasteiger partial charge in [0, 0.05) is 37.7 Å². The third-order valence-electron chi connectivity index (χ3n) is 5.40. The molecule has 1 N–H and O–H groups in total. The SMILES string of the molecule is COc1cccc(CN2CCC(CNc3ccc(-c4ccncc4)cc3)C2)c1. The van der Waals surface area contributed by atoms with E-state index in [9.17, 15) is 0 Å². The van der Waals surface area contributed by atoms with Crippen molar-refractivity contribution in [1.29, 1.82) is 0 Å². The zero-order chi connectivity index (χ0) is 19.2. The van der Waals surface area contributed by atoms with E-state index in [1.54, 1.807) is 7.11 Å². The van der Waals surface area contributed by atoms with Gasteiger partial charge in [0.2, 0.25) is 0 Å². The highest BCUT2D eigenvalue weighted by atomic mass is 16.5. The molecule has 2 aromatic carbocycles. The van der Waals surface area contributed by atoms with E-state index in [-0.39, 0.29) is 0 Å². The molecule has 0 radical (unpaired) electrons. The smallest absolute Gasteiger partial charge is 0.119 e. The molecular formula is C24H27N3O. The van der Waals surface area contributed by atoms with Crippen LogP contribution in [0.2, 0.25) is 0 Å². The van der Waals surface area contributed by atoms with Crippen molar-refractivity contribution < 1.29 is 4.74 Å². The van der Waals surface area contributed by atoms with Crippen LogP contribution in [0.25, 0.3) is 11.1 Å². The monoisotopic (exact) mass is 373 g/mol. The molecule has 1 aromatic heterocycles. The topological polar surface area (TPSA) is 37.4 Å². The van der Waals surface area contributed by atoms with E-state index < -0.39 is 0 Å². The van der Waals surface area contributed by atoms with E-state index in [1.807, 2.05) is 30.6 Å². The van der Waals surface area contributed by atoms with Crippen molar-refractivity contribution in [2.45, 2.75) is 13.0 Å². The predicted octanol–water partition coefficient (Wildman–Crippen LogP) is 4.69. The van der Waals surface area contributed by atoms with Crippen LogP contribution >= 0.6 is 0 Å². The van der Waals surface area contributed by atoms with Crippen LogP contribution in [0.5, 0.6) is 5.75 Å². The number of nitrogens with zero attached hydrogens (tertiary/aromatic N) is 2. The summed E-state index contributed by atoms with van der Waals surface area (Å²) in [6.45, 7) is 4.31. The first kappa shape index (κ1) is 18.5. The Bertz CT molecular complexity index is 880. The number of hydrogen-bond acceptors (Lipinski definition) is 4. The number of benzene rings is 2. The molecule has 0 saturated carbocycles. The Kier molecular flexibility index (Phi) is 5.88. The first-order valence-electron chi connectivity index (χ1n) is 9.90. The van der Waals surface area contributed by atoms with Gasteiger partial charge in [0.25, 0.3) is 0 Å². The second kappa shape index (κ2) is 8.89. The minimum absolute atomic E-state index is 0.686. The van der Waals surface area contributed by atoms with Crippen molar-refractivity contribution in [2.75, 3.05) is 32.1 Å². The van der Waals surface area contributed by atoms with Crippen LogP contribution in [0.1, 0.15) is 12.0 Å². The van der Waals surface area contributed by atoms with E-state index in [4.69, 9.17) is 4.74 Å². The fraction of sp³-hybridized carbons (Fsp3) is 0.292. The normalized spacial score (nSPS) is 16.8. The highest BCUT2D eigenvalue weighted by Crippen LogP contribution is 2.23. The Morgan fingerprint density at radius 2 is 1.82 bits per heavy atom. The van der Waals surface area contributed by atoms with Crippen LogP contribution in [0, 0.1) is 5.92 Å². The molecule has 1 aliphatic rings. The summed E-state index contributed by atoms with van der Waals surface area (Å²) in [7, 11) is 1.72. The van der Waals surface area contributed by atoms with Gasteiger partial charge in [0.15, 0.2) is 0 Å². The highest BCUT2D eigenvalue weighted by Gasteiger charge is 2.22. The molecule has 0 amide bonds. The molecule has 0 bridgehead atoms. The lowest BCUT2D eigenvalue weighted by Crippen LogP contribution is -2.22. The summed E-state index contributed by atoms with van der Waals surface area (Å²) < 4.78 is 5.33. The zero-order valence-corrected chi connectivity index (χ0v) is 16.3. The number of pyridine rings is 1. The van der Waals surface area contributed by atoms with Crippen molar-refractivity contribution in [3.05, 3.63) is 78.6 Å². The first-order chi connectivity index (χ1) is 13.8. The highest BCUT2D eigenvalue weighted by molar-refractivity contribution is 5.65. The maximum absolute atomic E-state index is 5.33. The van der Waals surface area contributed by atoms with Gasteiger partial charge in [-0.05, 0) is 72.0 Å². The van der Waals surface area contributed by atoms with Gasteiger partial charge in [-0.3, -0.25) is 9.88 Å². The second-order valence-electron chi connectivity index (χ2n) is 7.44. The van der Waals surface area contributed by atoms with Gasteiger partial charge in [0.1, 0.15) is 5.75 Å². The summed E-state index contributed by atoms with van der Waals surface area (Å²) in [6, 6.07) is 21.1. The van der Waals surface area contributed by atoms with E-state index in [2.05, 4.69) is 57.7 Å². The van der Waals surface area contributed by atoms with Gasteiger partial charge in [-0.2, -0.15) is 0 Å². The van der Waals surface area contributed by atoms with Gasteiger partial charge in [-0.25, -0.2) is 0 Å². The van der Waals surface area contributed by atoms with Gasteiger partial charge in [0.05, 0.1) is 7.11 Å². The van der Waals surface area contributed by atoms with Crippen molar-refractivity contribution >= 4 is 5.69 Å². The van der Waals surface area contributed by atoms with E-state index in [0.29, 0.717) is 5.92 Å². The molecule has 3 aromatic rings. The third-order valence-corrected chi connectivity index (χ3v) is 5.40.